The molecule has 0 bridgehead atoms. The second-order valence-electron chi connectivity index (χ2n) is 4.34. The normalized spacial score (nSPS) is 10.7. The van der Waals surface area contributed by atoms with Gasteiger partial charge in [-0.15, -0.1) is 0 Å². The molecule has 0 fully saturated rings. The number of para-hydroxylation sites is 2. The first-order valence-electron chi connectivity index (χ1n) is 6.18. The van der Waals surface area contributed by atoms with E-state index in [0.717, 1.165) is 0 Å². The van der Waals surface area contributed by atoms with Gasteiger partial charge in [0.1, 0.15) is 0 Å². The van der Waals surface area contributed by atoms with Crippen LogP contribution >= 0.6 is 0 Å². The minimum Gasteiger partial charge on any atom is -0.478 e. The van der Waals surface area contributed by atoms with Gasteiger partial charge >= 0.3 is 17.6 Å². The van der Waals surface area contributed by atoms with E-state index in [1.165, 1.54) is 0 Å². The third kappa shape index (κ3) is 3.11. The maximum atomic E-state index is 11.6. The summed E-state index contributed by atoms with van der Waals surface area (Å²) in [6.07, 6.45) is 0. The molecular weight excluding hydrogens is 272 g/mol. The molecule has 0 spiro atoms. The van der Waals surface area contributed by atoms with Crippen LogP contribution < -0.4 is 10.6 Å². The monoisotopic (exact) mass is 286 g/mol. The van der Waals surface area contributed by atoms with Crippen molar-refractivity contribution in [1.82, 2.24) is 0 Å². The van der Waals surface area contributed by atoms with Crippen LogP contribution in [0.3, 0.4) is 0 Å². The zero-order chi connectivity index (χ0) is 15.3. The molecule has 0 amide bonds. The zero-order valence-electron chi connectivity index (χ0n) is 11.0. The summed E-state index contributed by atoms with van der Waals surface area (Å²) >= 11 is 0. The Labute approximate surface area is 121 Å². The van der Waals surface area contributed by atoms with E-state index >= 15 is 0 Å². The largest absolute Gasteiger partial charge is 0.478 e. The third-order valence-electron chi connectivity index (χ3n) is 2.85. The van der Waals surface area contributed by atoms with Crippen molar-refractivity contribution < 1.29 is 19.8 Å². The van der Waals surface area contributed by atoms with Crippen LogP contribution in [0.2, 0.25) is 0 Å². The highest BCUT2D eigenvalue weighted by Crippen LogP contribution is 2.20. The van der Waals surface area contributed by atoms with Crippen molar-refractivity contribution in [3.63, 3.8) is 0 Å². The van der Waals surface area contributed by atoms with Crippen LogP contribution in [0, 0.1) is 0 Å². The maximum Gasteiger partial charge on any atom is 0.362 e. The fourth-order valence-corrected chi connectivity index (χ4v) is 1.81. The van der Waals surface area contributed by atoms with E-state index < -0.39 is 17.6 Å². The van der Waals surface area contributed by atoms with Gasteiger partial charge in [0.25, 0.3) is 0 Å². The average Bonchev–Trinajstić information content (AvgIpc) is 2.48. The lowest BCUT2D eigenvalue weighted by Crippen LogP contribution is -2.59. The maximum absolute atomic E-state index is 11.6. The Morgan fingerprint density at radius 3 is 1.33 bits per heavy atom. The van der Waals surface area contributed by atoms with Gasteiger partial charge in [0.2, 0.25) is 0 Å². The first kappa shape index (κ1) is 14.4. The summed E-state index contributed by atoms with van der Waals surface area (Å²) in [6.45, 7) is 0. The Kier molecular flexibility index (Phi) is 4.08. The summed E-state index contributed by atoms with van der Waals surface area (Å²) in [5, 5.41) is 23.9. The van der Waals surface area contributed by atoms with E-state index in [1.54, 1.807) is 60.7 Å². The van der Waals surface area contributed by atoms with Crippen molar-refractivity contribution in [1.29, 1.82) is 0 Å². The summed E-state index contributed by atoms with van der Waals surface area (Å²) in [5.41, 5.74) is -1.60. The molecule has 0 atom stereocenters. The summed E-state index contributed by atoms with van der Waals surface area (Å²) in [6, 6.07) is 16.6. The first-order chi connectivity index (χ1) is 10.0. The molecule has 0 saturated carbocycles. The van der Waals surface area contributed by atoms with Gasteiger partial charge in [0, 0.05) is 11.4 Å². The molecule has 2 aromatic carbocycles. The second kappa shape index (κ2) is 5.96. The number of rotatable bonds is 6. The molecule has 2 rings (SSSR count). The highest BCUT2D eigenvalue weighted by Gasteiger charge is 2.47. The van der Waals surface area contributed by atoms with Gasteiger partial charge in [-0.3, -0.25) is 0 Å². The Bertz CT molecular complexity index is 571. The predicted octanol–water partition coefficient (Wildman–Crippen LogP) is 2.08. The Morgan fingerprint density at radius 2 is 1.05 bits per heavy atom. The molecule has 0 radical (unpaired) electrons. The van der Waals surface area contributed by atoms with E-state index in [2.05, 4.69) is 10.6 Å². The Hall–Kier alpha value is -3.02. The topological polar surface area (TPSA) is 98.7 Å². The molecule has 0 heterocycles. The Balaban J connectivity index is 2.38. The molecule has 0 aromatic heterocycles. The number of aliphatic carboxylic acids is 2. The molecule has 4 N–H and O–H groups in total. The molecule has 6 nitrogen and oxygen atoms in total. The van der Waals surface area contributed by atoms with Gasteiger partial charge in [-0.05, 0) is 24.3 Å². The van der Waals surface area contributed by atoms with Crippen LogP contribution in [0.15, 0.2) is 60.7 Å². The second-order valence-corrected chi connectivity index (χ2v) is 4.34. The van der Waals surface area contributed by atoms with Crippen molar-refractivity contribution in [3.8, 4) is 0 Å². The van der Waals surface area contributed by atoms with Gasteiger partial charge < -0.3 is 20.8 Å². The van der Waals surface area contributed by atoms with Gasteiger partial charge in [0.15, 0.2) is 0 Å². The van der Waals surface area contributed by atoms with Gasteiger partial charge in [0.05, 0.1) is 0 Å². The van der Waals surface area contributed by atoms with Crippen molar-refractivity contribution in [2.45, 2.75) is 5.66 Å². The standard InChI is InChI=1S/C15H14N2O4/c18-13(19)15(14(20)21,16-11-7-3-1-4-8-11)17-12-9-5-2-6-10-12/h1-10,16-17H,(H,18,19)(H,20,21). The predicted molar refractivity (Wildman–Crippen MR) is 78.1 cm³/mol. The lowest BCUT2D eigenvalue weighted by atomic mass is 10.1. The third-order valence-corrected chi connectivity index (χ3v) is 2.85. The molecule has 108 valence electrons. The molecular formula is C15H14N2O4. The zero-order valence-corrected chi connectivity index (χ0v) is 11.0. The lowest BCUT2D eigenvalue weighted by Gasteiger charge is -2.29. The average molecular weight is 286 g/mol. The van der Waals surface area contributed by atoms with E-state index in [-0.39, 0.29) is 0 Å². The number of carboxylic acids is 2. The van der Waals surface area contributed by atoms with Gasteiger partial charge in [-0.1, -0.05) is 36.4 Å². The molecule has 21 heavy (non-hydrogen) atoms. The molecule has 0 aliphatic heterocycles. The summed E-state index contributed by atoms with van der Waals surface area (Å²) < 4.78 is 0. The molecule has 0 aliphatic carbocycles. The van der Waals surface area contributed by atoms with Gasteiger partial charge in [-0.2, -0.15) is 0 Å². The van der Waals surface area contributed by atoms with Crippen LogP contribution in [0.25, 0.3) is 0 Å². The van der Waals surface area contributed by atoms with Crippen LogP contribution in [0.4, 0.5) is 11.4 Å². The van der Waals surface area contributed by atoms with Crippen LogP contribution in [0.1, 0.15) is 0 Å². The minimum atomic E-state index is -2.36. The van der Waals surface area contributed by atoms with E-state index in [1.807, 2.05) is 0 Å². The number of carboxylic acid groups (broad SMARTS) is 2. The molecule has 0 aliphatic rings. The molecule has 2 aromatic rings. The Morgan fingerprint density at radius 1 is 0.714 bits per heavy atom. The molecule has 0 unspecified atom stereocenters. The number of hydrogen-bond donors (Lipinski definition) is 4. The summed E-state index contributed by atoms with van der Waals surface area (Å²) in [4.78, 5) is 23.1. The summed E-state index contributed by atoms with van der Waals surface area (Å²) in [5.74, 6) is -3.08. The quantitative estimate of drug-likeness (QED) is 0.479. The number of benzene rings is 2. The first-order valence-corrected chi connectivity index (χ1v) is 6.18. The van der Waals surface area contributed by atoms with E-state index in [9.17, 15) is 19.8 Å². The molecule has 0 saturated heterocycles. The fourth-order valence-electron chi connectivity index (χ4n) is 1.81. The number of hydrogen-bond acceptors (Lipinski definition) is 4. The summed E-state index contributed by atoms with van der Waals surface area (Å²) in [7, 11) is 0. The smallest absolute Gasteiger partial charge is 0.362 e. The van der Waals surface area contributed by atoms with Crippen LogP contribution in [0.5, 0.6) is 0 Å². The van der Waals surface area contributed by atoms with Crippen molar-refractivity contribution >= 4 is 23.3 Å². The fraction of sp³-hybridized carbons (Fsp3) is 0.0667. The number of nitrogens with one attached hydrogen (secondary N) is 2. The molecule has 6 heteroatoms. The van der Waals surface area contributed by atoms with Crippen LogP contribution in [-0.4, -0.2) is 27.8 Å². The lowest BCUT2D eigenvalue weighted by molar-refractivity contribution is -0.153. The SMILES string of the molecule is O=C(O)C(Nc1ccccc1)(Nc1ccccc1)C(=O)O. The minimum absolute atomic E-state index is 0.380. The number of anilines is 2. The van der Waals surface area contributed by atoms with E-state index in [4.69, 9.17) is 0 Å². The van der Waals surface area contributed by atoms with Crippen molar-refractivity contribution in [2.75, 3.05) is 10.6 Å². The number of carbonyl (C=O) groups is 2. The van der Waals surface area contributed by atoms with Gasteiger partial charge in [-0.25, -0.2) is 9.59 Å². The highest BCUT2D eigenvalue weighted by molar-refractivity contribution is 6.08. The van der Waals surface area contributed by atoms with Crippen molar-refractivity contribution in [3.05, 3.63) is 60.7 Å². The van der Waals surface area contributed by atoms with Crippen molar-refractivity contribution in [2.24, 2.45) is 0 Å². The highest BCUT2D eigenvalue weighted by atomic mass is 16.4. The van der Waals surface area contributed by atoms with Crippen LogP contribution in [-0.2, 0) is 9.59 Å². The van der Waals surface area contributed by atoms with E-state index in [0.29, 0.717) is 11.4 Å².